The van der Waals surface area contributed by atoms with Crippen molar-refractivity contribution in [3.05, 3.63) is 23.7 Å². The van der Waals surface area contributed by atoms with Crippen molar-refractivity contribution in [2.24, 2.45) is 5.92 Å². The number of hydrogen-bond acceptors (Lipinski definition) is 2. The molecule has 0 aromatic carbocycles. The zero-order chi connectivity index (χ0) is 9.84. The summed E-state index contributed by atoms with van der Waals surface area (Å²) in [6.07, 6.45) is 2.96. The molecule has 0 aliphatic rings. The van der Waals surface area contributed by atoms with E-state index in [0.717, 1.165) is 11.3 Å². The van der Waals surface area contributed by atoms with Crippen LogP contribution in [0, 0.1) is 12.8 Å². The van der Waals surface area contributed by atoms with E-state index in [1.54, 1.807) is 13.2 Å². The molecule has 72 valence electrons. The molecule has 1 atom stereocenters. The van der Waals surface area contributed by atoms with Crippen LogP contribution in [0.4, 0.5) is 0 Å². The Morgan fingerprint density at radius 3 is 2.85 bits per heavy atom. The van der Waals surface area contributed by atoms with E-state index in [1.165, 1.54) is 0 Å². The summed E-state index contributed by atoms with van der Waals surface area (Å²) in [5, 5.41) is 8.65. The van der Waals surface area contributed by atoms with Gasteiger partial charge in [0.1, 0.15) is 5.76 Å². The molecule has 1 aromatic rings. The molecule has 1 N–H and O–H groups in total. The second kappa shape index (κ2) is 4.12. The van der Waals surface area contributed by atoms with Gasteiger partial charge in [-0.3, -0.25) is 4.79 Å². The highest BCUT2D eigenvalue weighted by Crippen LogP contribution is 2.14. The third kappa shape index (κ3) is 2.61. The maximum Gasteiger partial charge on any atom is 0.306 e. The average molecular weight is 182 g/mol. The molecule has 13 heavy (non-hydrogen) atoms. The van der Waals surface area contributed by atoms with E-state index < -0.39 is 5.97 Å². The van der Waals surface area contributed by atoms with Gasteiger partial charge in [0.25, 0.3) is 0 Å². The Kier molecular flexibility index (Phi) is 3.12. The van der Waals surface area contributed by atoms with Gasteiger partial charge in [0, 0.05) is 6.42 Å². The second-order valence-corrected chi connectivity index (χ2v) is 3.30. The fraction of sp³-hybridized carbons (Fsp3) is 0.500. The number of aliphatic carboxylic acids is 1. The number of furan rings is 1. The lowest BCUT2D eigenvalue weighted by Crippen LogP contribution is -2.10. The van der Waals surface area contributed by atoms with E-state index in [4.69, 9.17) is 9.52 Å². The summed E-state index contributed by atoms with van der Waals surface area (Å²) in [6, 6.07) is 1.89. The van der Waals surface area contributed by atoms with Crippen LogP contribution in [0.2, 0.25) is 0 Å². The maximum atomic E-state index is 10.5. The van der Waals surface area contributed by atoms with Gasteiger partial charge in [0.15, 0.2) is 0 Å². The SMILES string of the molecule is Cc1ccoc1CCC(C)C(=O)O. The van der Waals surface area contributed by atoms with Crippen LogP contribution in [0.15, 0.2) is 16.7 Å². The first-order valence-corrected chi connectivity index (χ1v) is 4.37. The number of hydrogen-bond donors (Lipinski definition) is 1. The third-order valence-corrected chi connectivity index (χ3v) is 2.19. The molecule has 0 radical (unpaired) electrons. The van der Waals surface area contributed by atoms with Crippen LogP contribution in [0.1, 0.15) is 24.7 Å². The van der Waals surface area contributed by atoms with Gasteiger partial charge in [0.05, 0.1) is 12.2 Å². The first kappa shape index (κ1) is 9.84. The van der Waals surface area contributed by atoms with Crippen LogP contribution in [0.25, 0.3) is 0 Å². The Hall–Kier alpha value is -1.25. The zero-order valence-corrected chi connectivity index (χ0v) is 7.91. The second-order valence-electron chi connectivity index (χ2n) is 3.30. The standard InChI is InChI=1S/C10H14O3/c1-7-5-6-13-9(7)4-3-8(2)10(11)12/h5-6,8H,3-4H2,1-2H3,(H,11,12). The topological polar surface area (TPSA) is 50.4 Å². The van der Waals surface area contributed by atoms with Crippen LogP contribution in [0.3, 0.4) is 0 Å². The minimum absolute atomic E-state index is 0.301. The lowest BCUT2D eigenvalue weighted by Gasteiger charge is -2.03. The van der Waals surface area contributed by atoms with E-state index in [1.807, 2.05) is 13.0 Å². The van der Waals surface area contributed by atoms with Crippen LogP contribution < -0.4 is 0 Å². The smallest absolute Gasteiger partial charge is 0.306 e. The molecule has 0 saturated heterocycles. The van der Waals surface area contributed by atoms with Gasteiger partial charge >= 0.3 is 5.97 Å². The highest BCUT2D eigenvalue weighted by Gasteiger charge is 2.12. The van der Waals surface area contributed by atoms with Gasteiger partial charge in [-0.25, -0.2) is 0 Å². The molecule has 0 aliphatic heterocycles. The van der Waals surface area contributed by atoms with Crippen molar-refractivity contribution >= 4 is 5.97 Å². The summed E-state index contributed by atoms with van der Waals surface area (Å²) in [4.78, 5) is 10.5. The number of carboxylic acid groups (broad SMARTS) is 1. The van der Waals surface area contributed by atoms with Gasteiger partial charge in [-0.1, -0.05) is 6.92 Å². The van der Waals surface area contributed by atoms with E-state index in [9.17, 15) is 4.79 Å². The molecule has 0 bridgehead atoms. The Balaban J connectivity index is 2.44. The van der Waals surface area contributed by atoms with Gasteiger partial charge in [-0.15, -0.1) is 0 Å². The molecule has 3 heteroatoms. The quantitative estimate of drug-likeness (QED) is 0.776. The predicted octanol–water partition coefficient (Wildman–Crippen LogP) is 2.24. The number of aryl methyl sites for hydroxylation is 2. The van der Waals surface area contributed by atoms with E-state index in [-0.39, 0.29) is 5.92 Å². The molecule has 0 amide bonds. The minimum Gasteiger partial charge on any atom is -0.481 e. The molecule has 1 heterocycles. The Labute approximate surface area is 77.4 Å². The van der Waals surface area contributed by atoms with Crippen molar-refractivity contribution in [2.75, 3.05) is 0 Å². The first-order valence-electron chi connectivity index (χ1n) is 4.37. The van der Waals surface area contributed by atoms with Crippen molar-refractivity contribution in [1.29, 1.82) is 0 Å². The molecule has 1 rings (SSSR count). The molecule has 0 saturated carbocycles. The summed E-state index contributed by atoms with van der Waals surface area (Å²) in [5.41, 5.74) is 1.09. The summed E-state index contributed by atoms with van der Waals surface area (Å²) >= 11 is 0. The maximum absolute atomic E-state index is 10.5. The molecular weight excluding hydrogens is 168 g/mol. The van der Waals surface area contributed by atoms with E-state index in [0.29, 0.717) is 12.8 Å². The van der Waals surface area contributed by atoms with Crippen LogP contribution in [-0.2, 0) is 11.2 Å². The molecule has 1 aromatic heterocycles. The summed E-state index contributed by atoms with van der Waals surface area (Å²) in [6.45, 7) is 3.67. The summed E-state index contributed by atoms with van der Waals surface area (Å²) in [5.74, 6) is -0.151. The average Bonchev–Trinajstić information content (AvgIpc) is 2.47. The van der Waals surface area contributed by atoms with Crippen molar-refractivity contribution in [3.63, 3.8) is 0 Å². The van der Waals surface area contributed by atoms with Crippen molar-refractivity contribution in [3.8, 4) is 0 Å². The van der Waals surface area contributed by atoms with Crippen LogP contribution in [0.5, 0.6) is 0 Å². The lowest BCUT2D eigenvalue weighted by atomic mass is 10.0. The number of carboxylic acids is 1. The molecule has 3 nitrogen and oxygen atoms in total. The third-order valence-electron chi connectivity index (χ3n) is 2.19. The molecule has 0 spiro atoms. The lowest BCUT2D eigenvalue weighted by molar-refractivity contribution is -0.141. The molecule has 0 fully saturated rings. The fourth-order valence-corrected chi connectivity index (χ4v) is 1.13. The molecule has 1 unspecified atom stereocenters. The van der Waals surface area contributed by atoms with Gasteiger partial charge in [0.2, 0.25) is 0 Å². The van der Waals surface area contributed by atoms with Crippen molar-refractivity contribution < 1.29 is 14.3 Å². The number of carbonyl (C=O) groups is 1. The van der Waals surface area contributed by atoms with Crippen LogP contribution >= 0.6 is 0 Å². The normalized spacial score (nSPS) is 12.8. The van der Waals surface area contributed by atoms with E-state index >= 15 is 0 Å². The fourth-order valence-electron chi connectivity index (χ4n) is 1.13. The Morgan fingerprint density at radius 1 is 1.69 bits per heavy atom. The predicted molar refractivity (Wildman–Crippen MR) is 48.6 cm³/mol. The molecular formula is C10H14O3. The minimum atomic E-state index is -0.746. The van der Waals surface area contributed by atoms with Crippen LogP contribution in [-0.4, -0.2) is 11.1 Å². The molecule has 0 aliphatic carbocycles. The highest BCUT2D eigenvalue weighted by atomic mass is 16.4. The first-order chi connectivity index (χ1) is 6.11. The Bertz CT molecular complexity index is 288. The van der Waals surface area contributed by atoms with Gasteiger partial charge in [-0.05, 0) is 25.0 Å². The zero-order valence-electron chi connectivity index (χ0n) is 7.91. The summed E-state index contributed by atoms with van der Waals surface area (Å²) < 4.78 is 5.20. The Morgan fingerprint density at radius 2 is 2.38 bits per heavy atom. The highest BCUT2D eigenvalue weighted by molar-refractivity contribution is 5.69. The van der Waals surface area contributed by atoms with Crippen molar-refractivity contribution in [1.82, 2.24) is 0 Å². The summed E-state index contributed by atoms with van der Waals surface area (Å²) in [7, 11) is 0. The van der Waals surface area contributed by atoms with E-state index in [2.05, 4.69) is 0 Å². The number of rotatable bonds is 4. The van der Waals surface area contributed by atoms with Crippen molar-refractivity contribution in [2.45, 2.75) is 26.7 Å². The van der Waals surface area contributed by atoms with Gasteiger partial charge < -0.3 is 9.52 Å². The monoisotopic (exact) mass is 182 g/mol. The largest absolute Gasteiger partial charge is 0.481 e. The van der Waals surface area contributed by atoms with Gasteiger partial charge in [-0.2, -0.15) is 0 Å².